The summed E-state index contributed by atoms with van der Waals surface area (Å²) in [7, 11) is 0. The van der Waals surface area contributed by atoms with Gasteiger partial charge in [0.25, 0.3) is 0 Å². The number of rotatable bonds is 6. The maximum Gasteiger partial charge on any atom is 0.140 e. The normalized spacial score (nSPS) is 10.6. The average Bonchev–Trinajstić information content (AvgIpc) is 2.25. The lowest BCUT2D eigenvalue weighted by Crippen LogP contribution is -2.29. The molecular weight excluding hydrogens is 202 g/mol. The molecule has 0 spiro atoms. The molecule has 4 heteroatoms. The number of nitrogens with two attached hydrogens (primary N) is 1. The van der Waals surface area contributed by atoms with Gasteiger partial charge in [-0.2, -0.15) is 0 Å². The first-order chi connectivity index (χ1) is 7.67. The summed E-state index contributed by atoms with van der Waals surface area (Å²) in [5.41, 5.74) is 6.63. The summed E-state index contributed by atoms with van der Waals surface area (Å²) >= 11 is 0. The molecule has 0 amide bonds. The van der Waals surface area contributed by atoms with Crippen molar-refractivity contribution in [2.24, 2.45) is 5.73 Å². The molecule has 0 aliphatic carbocycles. The molecule has 4 nitrogen and oxygen atoms in total. The van der Waals surface area contributed by atoms with Gasteiger partial charge in [-0.3, -0.25) is 4.98 Å². The van der Waals surface area contributed by atoms with Crippen LogP contribution in [-0.2, 0) is 0 Å². The third-order valence-electron chi connectivity index (χ3n) is 2.22. The van der Waals surface area contributed by atoms with Crippen molar-refractivity contribution in [1.29, 1.82) is 0 Å². The zero-order valence-corrected chi connectivity index (χ0v) is 10.3. The SMILES string of the molecule is CCN(CCN)c1cncc(OC(C)C)c1. The van der Waals surface area contributed by atoms with Crippen molar-refractivity contribution in [3.05, 3.63) is 18.5 Å². The Kier molecular flexibility index (Phi) is 5.05. The number of hydrogen-bond donors (Lipinski definition) is 1. The zero-order chi connectivity index (χ0) is 12.0. The largest absolute Gasteiger partial charge is 0.489 e. The van der Waals surface area contributed by atoms with Gasteiger partial charge in [0.2, 0.25) is 0 Å². The van der Waals surface area contributed by atoms with Gasteiger partial charge in [-0.1, -0.05) is 0 Å². The standard InChI is InChI=1S/C12H21N3O/c1-4-15(6-5-13)11-7-12(9-14-8-11)16-10(2)3/h7-10H,4-6,13H2,1-3H3. The van der Waals surface area contributed by atoms with Crippen LogP contribution in [0.5, 0.6) is 5.75 Å². The van der Waals surface area contributed by atoms with Gasteiger partial charge in [0.05, 0.1) is 24.2 Å². The molecule has 0 aliphatic heterocycles. The van der Waals surface area contributed by atoms with Crippen LogP contribution >= 0.6 is 0 Å². The van der Waals surface area contributed by atoms with Crippen LogP contribution in [-0.4, -0.2) is 30.7 Å². The topological polar surface area (TPSA) is 51.4 Å². The van der Waals surface area contributed by atoms with E-state index < -0.39 is 0 Å². The number of pyridine rings is 1. The number of ether oxygens (including phenoxy) is 1. The quantitative estimate of drug-likeness (QED) is 0.796. The fraction of sp³-hybridized carbons (Fsp3) is 0.583. The molecule has 0 saturated carbocycles. The highest BCUT2D eigenvalue weighted by Gasteiger charge is 2.05. The molecule has 0 atom stereocenters. The second-order valence-corrected chi connectivity index (χ2v) is 3.91. The average molecular weight is 223 g/mol. The Hall–Kier alpha value is -1.29. The summed E-state index contributed by atoms with van der Waals surface area (Å²) in [5, 5.41) is 0. The van der Waals surface area contributed by atoms with Crippen LogP contribution in [0.25, 0.3) is 0 Å². The van der Waals surface area contributed by atoms with Crippen LogP contribution in [0.4, 0.5) is 5.69 Å². The zero-order valence-electron chi connectivity index (χ0n) is 10.3. The van der Waals surface area contributed by atoms with Gasteiger partial charge in [0.15, 0.2) is 0 Å². The molecule has 0 radical (unpaired) electrons. The van der Waals surface area contributed by atoms with E-state index in [2.05, 4.69) is 16.8 Å². The van der Waals surface area contributed by atoms with Gasteiger partial charge in [0, 0.05) is 25.7 Å². The third kappa shape index (κ3) is 3.70. The predicted octanol–water partition coefficient (Wildman–Crippen LogP) is 1.65. The summed E-state index contributed by atoms with van der Waals surface area (Å²) < 4.78 is 5.61. The Morgan fingerprint density at radius 3 is 2.75 bits per heavy atom. The summed E-state index contributed by atoms with van der Waals surface area (Å²) in [6.07, 6.45) is 3.74. The molecule has 1 aromatic heterocycles. The molecule has 0 aromatic carbocycles. The highest BCUT2D eigenvalue weighted by molar-refractivity contribution is 5.48. The summed E-state index contributed by atoms with van der Waals surface area (Å²) in [4.78, 5) is 6.36. The van der Waals surface area contributed by atoms with Crippen molar-refractivity contribution in [3.8, 4) is 5.75 Å². The Morgan fingerprint density at radius 1 is 1.44 bits per heavy atom. The van der Waals surface area contributed by atoms with Crippen molar-refractivity contribution in [1.82, 2.24) is 4.98 Å². The molecule has 0 saturated heterocycles. The van der Waals surface area contributed by atoms with E-state index in [1.165, 1.54) is 0 Å². The van der Waals surface area contributed by atoms with Crippen LogP contribution in [0.15, 0.2) is 18.5 Å². The Balaban J connectivity index is 2.79. The number of nitrogens with zero attached hydrogens (tertiary/aromatic N) is 2. The van der Waals surface area contributed by atoms with E-state index in [0.29, 0.717) is 6.54 Å². The molecule has 0 aliphatic rings. The molecule has 1 rings (SSSR count). The number of anilines is 1. The molecule has 2 N–H and O–H groups in total. The minimum Gasteiger partial charge on any atom is -0.489 e. The molecule has 0 bridgehead atoms. The minimum absolute atomic E-state index is 0.168. The van der Waals surface area contributed by atoms with Gasteiger partial charge in [-0.25, -0.2) is 0 Å². The summed E-state index contributed by atoms with van der Waals surface area (Å²) in [6, 6.07) is 2.01. The van der Waals surface area contributed by atoms with E-state index in [4.69, 9.17) is 10.5 Å². The predicted molar refractivity (Wildman–Crippen MR) is 66.9 cm³/mol. The van der Waals surface area contributed by atoms with Gasteiger partial charge < -0.3 is 15.4 Å². The summed E-state index contributed by atoms with van der Waals surface area (Å²) in [6.45, 7) is 8.51. The van der Waals surface area contributed by atoms with Crippen molar-refractivity contribution >= 4 is 5.69 Å². The molecule has 0 unspecified atom stereocenters. The molecule has 0 fully saturated rings. The lowest BCUT2D eigenvalue weighted by molar-refractivity contribution is 0.241. The number of hydrogen-bond acceptors (Lipinski definition) is 4. The first kappa shape index (κ1) is 12.8. The maximum absolute atomic E-state index is 5.61. The van der Waals surface area contributed by atoms with E-state index >= 15 is 0 Å². The second-order valence-electron chi connectivity index (χ2n) is 3.91. The first-order valence-electron chi connectivity index (χ1n) is 5.74. The van der Waals surface area contributed by atoms with Crippen LogP contribution < -0.4 is 15.4 Å². The maximum atomic E-state index is 5.61. The molecular formula is C12H21N3O. The molecule has 90 valence electrons. The van der Waals surface area contributed by atoms with Gasteiger partial charge in [-0.15, -0.1) is 0 Å². The summed E-state index contributed by atoms with van der Waals surface area (Å²) in [5.74, 6) is 0.808. The lowest BCUT2D eigenvalue weighted by Gasteiger charge is -2.22. The smallest absolute Gasteiger partial charge is 0.140 e. The van der Waals surface area contributed by atoms with Crippen molar-refractivity contribution in [2.45, 2.75) is 26.9 Å². The Bertz CT molecular complexity index is 315. The van der Waals surface area contributed by atoms with Crippen molar-refractivity contribution in [2.75, 3.05) is 24.5 Å². The van der Waals surface area contributed by atoms with E-state index in [-0.39, 0.29) is 6.10 Å². The third-order valence-corrected chi connectivity index (χ3v) is 2.22. The van der Waals surface area contributed by atoms with Crippen LogP contribution in [0.2, 0.25) is 0 Å². The van der Waals surface area contributed by atoms with Crippen molar-refractivity contribution < 1.29 is 4.74 Å². The van der Waals surface area contributed by atoms with Gasteiger partial charge >= 0.3 is 0 Å². The van der Waals surface area contributed by atoms with Crippen molar-refractivity contribution in [3.63, 3.8) is 0 Å². The first-order valence-corrected chi connectivity index (χ1v) is 5.74. The fourth-order valence-corrected chi connectivity index (χ4v) is 1.54. The van der Waals surface area contributed by atoms with Gasteiger partial charge in [-0.05, 0) is 20.8 Å². The van der Waals surface area contributed by atoms with Crippen LogP contribution in [0.1, 0.15) is 20.8 Å². The monoisotopic (exact) mass is 223 g/mol. The van der Waals surface area contributed by atoms with E-state index in [1.807, 2.05) is 26.1 Å². The van der Waals surface area contributed by atoms with E-state index in [1.54, 1.807) is 6.20 Å². The number of likely N-dealkylation sites (N-methyl/N-ethyl adjacent to an activating group) is 1. The Labute approximate surface area is 97.4 Å². The molecule has 16 heavy (non-hydrogen) atoms. The van der Waals surface area contributed by atoms with E-state index in [0.717, 1.165) is 24.5 Å². The highest BCUT2D eigenvalue weighted by atomic mass is 16.5. The minimum atomic E-state index is 0.168. The molecule has 1 heterocycles. The fourth-order valence-electron chi connectivity index (χ4n) is 1.54. The highest BCUT2D eigenvalue weighted by Crippen LogP contribution is 2.19. The molecule has 1 aromatic rings. The number of aromatic nitrogens is 1. The van der Waals surface area contributed by atoms with E-state index in [9.17, 15) is 0 Å². The van der Waals surface area contributed by atoms with Crippen LogP contribution in [0.3, 0.4) is 0 Å². The lowest BCUT2D eigenvalue weighted by atomic mass is 10.3. The Morgan fingerprint density at radius 2 is 2.19 bits per heavy atom. The second kappa shape index (κ2) is 6.33. The van der Waals surface area contributed by atoms with Gasteiger partial charge in [0.1, 0.15) is 5.75 Å². The van der Waals surface area contributed by atoms with Crippen LogP contribution in [0, 0.1) is 0 Å².